The second kappa shape index (κ2) is 11.4. The molecule has 0 saturated carbocycles. The van der Waals surface area contributed by atoms with E-state index in [0.29, 0.717) is 12.0 Å². The quantitative estimate of drug-likeness (QED) is 0.184. The number of benzene rings is 4. The Morgan fingerprint density at radius 3 is 2.45 bits per heavy atom. The van der Waals surface area contributed by atoms with E-state index in [1.807, 2.05) is 0 Å². The van der Waals surface area contributed by atoms with Crippen LogP contribution in [0, 0.1) is 5.92 Å². The fourth-order valence-electron chi connectivity index (χ4n) is 9.43. The summed E-state index contributed by atoms with van der Waals surface area (Å²) < 4.78 is 11.6. The minimum absolute atomic E-state index is 0.127. The van der Waals surface area contributed by atoms with E-state index in [9.17, 15) is 0 Å². The van der Waals surface area contributed by atoms with Crippen LogP contribution >= 0.6 is 0 Å². The first-order valence-electron chi connectivity index (χ1n) is 18.5. The van der Waals surface area contributed by atoms with Gasteiger partial charge in [-0.1, -0.05) is 115 Å². The van der Waals surface area contributed by atoms with Gasteiger partial charge in [-0.15, -0.1) is 0 Å². The van der Waals surface area contributed by atoms with Crippen molar-refractivity contribution in [3.05, 3.63) is 174 Å². The minimum Gasteiger partial charge on any atom is -0.489 e. The normalized spacial score (nSPS) is 21.9. The van der Waals surface area contributed by atoms with Gasteiger partial charge in [0, 0.05) is 56.5 Å². The molecular formula is C48H38N2O. The first-order chi connectivity index (χ1) is 25.3. The molecule has 4 aliphatic carbocycles. The molecule has 0 saturated heterocycles. The number of nitrogens with zero attached hydrogens (tertiary/aromatic N) is 2. The Balaban J connectivity index is 1.03. The van der Waals surface area contributed by atoms with Crippen LogP contribution in [0.2, 0.25) is 0 Å². The molecule has 5 aliphatic rings. The molecule has 0 radical (unpaired) electrons. The number of hydrogen-bond acceptors (Lipinski definition) is 1. The Kier molecular flexibility index (Phi) is 6.46. The second-order valence-electron chi connectivity index (χ2n) is 14.6. The van der Waals surface area contributed by atoms with Crippen LogP contribution in [0.25, 0.3) is 61.2 Å². The number of para-hydroxylation sites is 1. The smallest absolute Gasteiger partial charge is 0.127 e. The number of rotatable bonds is 4. The van der Waals surface area contributed by atoms with Crippen molar-refractivity contribution in [2.75, 3.05) is 0 Å². The van der Waals surface area contributed by atoms with Gasteiger partial charge in [0.15, 0.2) is 0 Å². The maximum absolute atomic E-state index is 6.40. The van der Waals surface area contributed by atoms with Gasteiger partial charge in [-0.3, -0.25) is 0 Å². The van der Waals surface area contributed by atoms with E-state index < -0.39 is 0 Å². The molecule has 246 valence electrons. The van der Waals surface area contributed by atoms with Crippen molar-refractivity contribution < 1.29 is 4.74 Å². The molecular weight excluding hydrogens is 621 g/mol. The van der Waals surface area contributed by atoms with E-state index in [1.165, 1.54) is 83.3 Å². The molecule has 2 aromatic heterocycles. The van der Waals surface area contributed by atoms with Crippen molar-refractivity contribution in [3.63, 3.8) is 0 Å². The summed E-state index contributed by atoms with van der Waals surface area (Å²) in [5.41, 5.74) is 14.6. The lowest BCUT2D eigenvalue weighted by Crippen LogP contribution is -2.15. The zero-order valence-corrected chi connectivity index (χ0v) is 28.5. The molecule has 3 unspecified atom stereocenters. The van der Waals surface area contributed by atoms with Gasteiger partial charge >= 0.3 is 0 Å². The Morgan fingerprint density at radius 1 is 0.647 bits per heavy atom. The van der Waals surface area contributed by atoms with Crippen LogP contribution in [0.15, 0.2) is 157 Å². The fraction of sp³-hybridized carbons (Fsp3) is 0.167. The Morgan fingerprint density at radius 2 is 1.49 bits per heavy atom. The SMILES string of the molecule is C1=CC2OC3=C(C=C(n4c5ccccc5c5ccc(-c6ccc7c(c6)c6c(n7C7C=CC=C(c8ccccc8)C7)CCC=C6)cc54)CC3)C2C=C1. The third kappa shape index (κ3) is 4.50. The third-order valence-electron chi connectivity index (χ3n) is 11.8. The fourth-order valence-corrected chi connectivity index (χ4v) is 9.43. The summed E-state index contributed by atoms with van der Waals surface area (Å²) in [4.78, 5) is 0. The zero-order chi connectivity index (χ0) is 33.5. The standard InChI is InChI=1S/C48H38N2O/c1-2-11-31(12-3-1)32-13-10-14-35(27-32)49-44-19-8-5-16-38(44)41-28-33(22-25-45(41)49)34-21-24-39-37-15-4-7-18-43(37)50(46(39)29-34)36-23-26-48-42(30-36)40-17-6-9-20-47(40)51-48/h1-7,9-18,20-22,24-25,28-30,35,40,47H,8,19,23,26-27H2. The molecule has 3 heterocycles. The number of hydrogen-bond donors (Lipinski definition) is 0. The van der Waals surface area contributed by atoms with Crippen molar-refractivity contribution in [2.24, 2.45) is 5.92 Å². The van der Waals surface area contributed by atoms with Gasteiger partial charge in [0.05, 0.1) is 17.1 Å². The predicted octanol–water partition coefficient (Wildman–Crippen LogP) is 12.0. The summed E-state index contributed by atoms with van der Waals surface area (Å²) in [5.74, 6) is 1.47. The van der Waals surface area contributed by atoms with Crippen LogP contribution < -0.4 is 0 Å². The van der Waals surface area contributed by atoms with Crippen LogP contribution in [-0.2, 0) is 11.2 Å². The lowest BCUT2D eigenvalue weighted by atomic mass is 9.88. The highest BCUT2D eigenvalue weighted by molar-refractivity contribution is 6.11. The molecule has 3 atom stereocenters. The Bertz CT molecular complexity index is 2650. The summed E-state index contributed by atoms with van der Waals surface area (Å²) in [6.07, 6.45) is 28.1. The molecule has 51 heavy (non-hydrogen) atoms. The first-order valence-corrected chi connectivity index (χ1v) is 18.5. The predicted molar refractivity (Wildman–Crippen MR) is 212 cm³/mol. The summed E-state index contributed by atoms with van der Waals surface area (Å²) in [5, 5.41) is 3.95. The van der Waals surface area contributed by atoms with Crippen molar-refractivity contribution in [3.8, 4) is 11.1 Å². The van der Waals surface area contributed by atoms with Crippen molar-refractivity contribution in [2.45, 2.75) is 44.2 Å². The van der Waals surface area contributed by atoms with Crippen molar-refractivity contribution in [1.82, 2.24) is 9.13 Å². The molecule has 4 aromatic carbocycles. The molecule has 0 N–H and O–H groups in total. The molecule has 0 amide bonds. The van der Waals surface area contributed by atoms with E-state index in [2.05, 4.69) is 161 Å². The Hall–Kier alpha value is -5.80. The zero-order valence-electron chi connectivity index (χ0n) is 28.5. The first kappa shape index (κ1) is 29.0. The highest BCUT2D eigenvalue weighted by atomic mass is 16.5. The summed E-state index contributed by atoms with van der Waals surface area (Å²) in [7, 11) is 0. The van der Waals surface area contributed by atoms with Crippen LogP contribution in [-0.4, -0.2) is 15.2 Å². The van der Waals surface area contributed by atoms with Crippen molar-refractivity contribution in [1.29, 1.82) is 0 Å². The number of allylic oxidation sites excluding steroid dienone is 10. The van der Waals surface area contributed by atoms with Crippen molar-refractivity contribution >= 4 is 50.1 Å². The highest BCUT2D eigenvalue weighted by Crippen LogP contribution is 2.45. The van der Waals surface area contributed by atoms with Gasteiger partial charge in [-0.2, -0.15) is 0 Å². The molecule has 0 bridgehead atoms. The Labute approximate surface area is 298 Å². The number of ether oxygens (including phenoxy) is 1. The maximum atomic E-state index is 6.40. The highest BCUT2D eigenvalue weighted by Gasteiger charge is 2.35. The topological polar surface area (TPSA) is 19.1 Å². The molecule has 3 nitrogen and oxygen atoms in total. The average Bonchev–Trinajstić information content (AvgIpc) is 3.85. The maximum Gasteiger partial charge on any atom is 0.127 e. The summed E-state index contributed by atoms with van der Waals surface area (Å²) in [6.45, 7) is 0. The molecule has 0 spiro atoms. The minimum atomic E-state index is 0.127. The van der Waals surface area contributed by atoms with E-state index in [1.54, 1.807) is 0 Å². The van der Waals surface area contributed by atoms with Gasteiger partial charge in [-0.25, -0.2) is 0 Å². The van der Waals surface area contributed by atoms with Gasteiger partial charge in [0.2, 0.25) is 0 Å². The van der Waals surface area contributed by atoms with Crippen LogP contribution in [0.4, 0.5) is 0 Å². The lowest BCUT2D eigenvalue weighted by Gasteiger charge is -2.25. The van der Waals surface area contributed by atoms with Gasteiger partial charge in [0.25, 0.3) is 0 Å². The third-order valence-corrected chi connectivity index (χ3v) is 11.8. The van der Waals surface area contributed by atoms with E-state index >= 15 is 0 Å². The summed E-state index contributed by atoms with van der Waals surface area (Å²) in [6, 6.07) is 34.3. The van der Waals surface area contributed by atoms with Crippen LogP contribution in [0.1, 0.15) is 48.5 Å². The van der Waals surface area contributed by atoms with Gasteiger partial charge in [0.1, 0.15) is 11.9 Å². The summed E-state index contributed by atoms with van der Waals surface area (Å²) >= 11 is 0. The molecule has 6 aromatic rings. The van der Waals surface area contributed by atoms with Crippen LogP contribution in [0.3, 0.4) is 0 Å². The molecule has 0 fully saturated rings. The largest absolute Gasteiger partial charge is 0.489 e. The monoisotopic (exact) mass is 658 g/mol. The van der Waals surface area contributed by atoms with E-state index in [-0.39, 0.29) is 6.10 Å². The van der Waals surface area contributed by atoms with E-state index in [4.69, 9.17) is 4.74 Å². The van der Waals surface area contributed by atoms with Crippen LogP contribution in [0.5, 0.6) is 0 Å². The van der Waals surface area contributed by atoms with Gasteiger partial charge in [-0.05, 0) is 84.4 Å². The molecule has 1 aliphatic heterocycles. The number of aromatic nitrogens is 2. The average molecular weight is 659 g/mol. The molecule has 3 heteroatoms. The lowest BCUT2D eigenvalue weighted by molar-refractivity contribution is 0.158. The number of fused-ring (bicyclic) bond motifs is 8. The molecule has 11 rings (SSSR count). The second-order valence-corrected chi connectivity index (χ2v) is 14.6. The van der Waals surface area contributed by atoms with E-state index in [0.717, 1.165) is 32.1 Å². The van der Waals surface area contributed by atoms with Gasteiger partial charge < -0.3 is 13.9 Å².